The van der Waals surface area contributed by atoms with Gasteiger partial charge in [0, 0.05) is 47.4 Å². The number of allylic oxidation sites excluding steroid dienone is 1. The maximum Gasteiger partial charge on any atom is 0.352 e. The molecule has 2 N–H and O–H groups in total. The van der Waals surface area contributed by atoms with Crippen molar-refractivity contribution < 1.29 is 14.7 Å². The van der Waals surface area contributed by atoms with Gasteiger partial charge in [0.25, 0.3) is 0 Å². The quantitative estimate of drug-likeness (QED) is 0.514. The van der Waals surface area contributed by atoms with E-state index in [4.69, 9.17) is 16.7 Å². The number of carbonyl (C=O) groups excluding carboxylic acids is 1. The van der Waals surface area contributed by atoms with E-state index >= 15 is 0 Å². The minimum atomic E-state index is -1.19. The van der Waals surface area contributed by atoms with E-state index in [1.54, 1.807) is 18.3 Å². The lowest BCUT2D eigenvalue weighted by Gasteiger charge is -2.05. The number of nitrogens with one attached hydrogen (secondary N) is 1. The van der Waals surface area contributed by atoms with E-state index in [2.05, 4.69) is 5.32 Å². The standard InChI is InChI=1S/C20H17ClN2O3/c1-22-17(20(25)26)10-19(24)16-12-23(11-13-5-3-2-4-6-13)18-8-7-14(21)9-15(16)18/h2-10,12,22H,11H2,1H3,(H,25,26)/b17-10-. The van der Waals surface area contributed by atoms with Crippen LogP contribution in [0.4, 0.5) is 0 Å². The molecular weight excluding hydrogens is 352 g/mol. The van der Waals surface area contributed by atoms with Gasteiger partial charge in [-0.1, -0.05) is 41.9 Å². The first-order valence-corrected chi connectivity index (χ1v) is 8.37. The Morgan fingerprint density at radius 2 is 1.92 bits per heavy atom. The normalized spacial score (nSPS) is 11.5. The van der Waals surface area contributed by atoms with Crippen molar-refractivity contribution in [2.75, 3.05) is 7.05 Å². The van der Waals surface area contributed by atoms with E-state index < -0.39 is 11.8 Å². The van der Waals surface area contributed by atoms with Gasteiger partial charge in [-0.05, 0) is 23.8 Å². The number of rotatable bonds is 6. The highest BCUT2D eigenvalue weighted by Gasteiger charge is 2.16. The number of halogens is 1. The number of carboxylic acid groups (broad SMARTS) is 1. The third kappa shape index (κ3) is 3.63. The lowest BCUT2D eigenvalue weighted by Crippen LogP contribution is -2.17. The van der Waals surface area contributed by atoms with Crippen molar-refractivity contribution in [3.8, 4) is 0 Å². The summed E-state index contributed by atoms with van der Waals surface area (Å²) < 4.78 is 1.96. The SMILES string of the molecule is CN/C(=C\C(=O)c1cn(Cc2ccccc2)c2ccc(Cl)cc12)C(=O)O. The molecule has 0 unspecified atom stereocenters. The maximum atomic E-state index is 12.7. The van der Waals surface area contributed by atoms with Gasteiger partial charge in [-0.15, -0.1) is 0 Å². The zero-order valence-corrected chi connectivity index (χ0v) is 14.8. The van der Waals surface area contributed by atoms with Gasteiger partial charge in [0.2, 0.25) is 0 Å². The summed E-state index contributed by atoms with van der Waals surface area (Å²) in [6.07, 6.45) is 2.83. The Labute approximate surface area is 155 Å². The molecule has 3 aromatic rings. The number of aliphatic carboxylic acids is 1. The van der Waals surface area contributed by atoms with Gasteiger partial charge in [0.05, 0.1) is 0 Å². The zero-order valence-electron chi connectivity index (χ0n) is 14.1. The molecule has 0 fully saturated rings. The Kier molecular flexibility index (Phi) is 5.09. The average Bonchev–Trinajstić information content (AvgIpc) is 2.97. The van der Waals surface area contributed by atoms with Crippen LogP contribution in [0.2, 0.25) is 5.02 Å². The van der Waals surface area contributed by atoms with Crippen LogP contribution in [-0.2, 0) is 11.3 Å². The van der Waals surface area contributed by atoms with Crippen molar-refractivity contribution in [1.29, 1.82) is 0 Å². The molecule has 1 aromatic heterocycles. The lowest BCUT2D eigenvalue weighted by molar-refractivity contribution is -0.133. The fraction of sp³-hybridized carbons (Fsp3) is 0.100. The summed E-state index contributed by atoms with van der Waals surface area (Å²) in [6.45, 7) is 0.591. The van der Waals surface area contributed by atoms with E-state index in [1.807, 2.05) is 41.0 Å². The van der Waals surface area contributed by atoms with Gasteiger partial charge in [-0.2, -0.15) is 0 Å². The molecular formula is C20H17ClN2O3. The molecule has 0 aliphatic carbocycles. The molecule has 26 heavy (non-hydrogen) atoms. The average molecular weight is 369 g/mol. The first-order chi connectivity index (χ1) is 12.5. The highest BCUT2D eigenvalue weighted by molar-refractivity contribution is 6.31. The molecule has 132 valence electrons. The number of fused-ring (bicyclic) bond motifs is 1. The maximum absolute atomic E-state index is 12.7. The molecule has 1 heterocycles. The number of aromatic nitrogens is 1. The van der Waals surface area contributed by atoms with Crippen molar-refractivity contribution in [2.45, 2.75) is 6.54 Å². The van der Waals surface area contributed by atoms with E-state index in [1.165, 1.54) is 7.05 Å². The van der Waals surface area contributed by atoms with Crippen LogP contribution in [-0.4, -0.2) is 28.5 Å². The summed E-state index contributed by atoms with van der Waals surface area (Å²) in [5.41, 5.74) is 2.19. The van der Waals surface area contributed by atoms with E-state index in [9.17, 15) is 9.59 Å². The molecule has 2 aromatic carbocycles. The largest absolute Gasteiger partial charge is 0.477 e. The van der Waals surface area contributed by atoms with E-state index in [0.717, 1.165) is 17.2 Å². The van der Waals surface area contributed by atoms with E-state index in [-0.39, 0.29) is 5.70 Å². The molecule has 0 aliphatic heterocycles. The topological polar surface area (TPSA) is 71.3 Å². The molecule has 0 bridgehead atoms. The highest BCUT2D eigenvalue weighted by Crippen LogP contribution is 2.26. The van der Waals surface area contributed by atoms with Gasteiger partial charge in [0.1, 0.15) is 5.70 Å². The van der Waals surface area contributed by atoms with Gasteiger partial charge in [-0.25, -0.2) is 4.79 Å². The van der Waals surface area contributed by atoms with Crippen molar-refractivity contribution in [3.63, 3.8) is 0 Å². The van der Waals surface area contributed by atoms with Gasteiger partial charge >= 0.3 is 5.97 Å². The second-order valence-corrected chi connectivity index (χ2v) is 6.23. The molecule has 0 spiro atoms. The van der Waals surface area contributed by atoms with Crippen LogP contribution in [0.25, 0.3) is 10.9 Å². The Morgan fingerprint density at radius 3 is 2.58 bits per heavy atom. The van der Waals surface area contributed by atoms with Gasteiger partial charge < -0.3 is 15.0 Å². The molecule has 0 saturated heterocycles. The second-order valence-electron chi connectivity index (χ2n) is 5.80. The number of nitrogens with zero attached hydrogens (tertiary/aromatic N) is 1. The Bertz CT molecular complexity index is 1010. The number of ketones is 1. The number of benzene rings is 2. The van der Waals surface area contributed by atoms with Crippen LogP contribution in [0.5, 0.6) is 0 Å². The van der Waals surface area contributed by atoms with Gasteiger partial charge in [-0.3, -0.25) is 4.79 Å². The smallest absolute Gasteiger partial charge is 0.352 e. The third-order valence-electron chi connectivity index (χ3n) is 4.08. The summed E-state index contributed by atoms with van der Waals surface area (Å²) in [4.78, 5) is 23.8. The van der Waals surface area contributed by atoms with Crippen LogP contribution in [0.3, 0.4) is 0 Å². The predicted molar refractivity (Wildman–Crippen MR) is 102 cm³/mol. The molecule has 6 heteroatoms. The monoisotopic (exact) mass is 368 g/mol. The number of likely N-dealkylation sites (N-methyl/N-ethyl adjacent to an activating group) is 1. The lowest BCUT2D eigenvalue weighted by atomic mass is 10.1. The molecule has 0 atom stereocenters. The molecule has 0 saturated carbocycles. The first-order valence-electron chi connectivity index (χ1n) is 7.99. The summed E-state index contributed by atoms with van der Waals surface area (Å²) in [7, 11) is 1.46. The third-order valence-corrected chi connectivity index (χ3v) is 4.31. The van der Waals surface area contributed by atoms with Gasteiger partial charge in [0.15, 0.2) is 5.78 Å². The van der Waals surface area contributed by atoms with Crippen molar-refractivity contribution in [2.24, 2.45) is 0 Å². The summed E-state index contributed by atoms with van der Waals surface area (Å²) in [5.74, 6) is -1.58. The fourth-order valence-corrected chi connectivity index (χ4v) is 3.00. The predicted octanol–water partition coefficient (Wildman–Crippen LogP) is 3.71. The highest BCUT2D eigenvalue weighted by atomic mass is 35.5. The van der Waals surface area contributed by atoms with Crippen molar-refractivity contribution in [1.82, 2.24) is 9.88 Å². The van der Waals surface area contributed by atoms with Crippen molar-refractivity contribution >= 4 is 34.3 Å². The van der Waals surface area contributed by atoms with Crippen molar-refractivity contribution in [3.05, 3.63) is 82.7 Å². The Hall–Kier alpha value is -3.05. The second kappa shape index (κ2) is 7.45. The molecule has 0 amide bonds. The first kappa shape index (κ1) is 17.8. The molecule has 0 aliphatic rings. The summed E-state index contributed by atoms with van der Waals surface area (Å²) in [6, 6.07) is 15.2. The Balaban J connectivity index is 2.09. The van der Waals surface area contributed by atoms with Crippen LogP contribution in [0, 0.1) is 0 Å². The van der Waals surface area contributed by atoms with Crippen LogP contribution >= 0.6 is 11.6 Å². The molecule has 5 nitrogen and oxygen atoms in total. The fourth-order valence-electron chi connectivity index (χ4n) is 2.83. The number of hydrogen-bond acceptors (Lipinski definition) is 3. The molecule has 3 rings (SSSR count). The van der Waals surface area contributed by atoms with Crippen LogP contribution in [0.1, 0.15) is 15.9 Å². The number of hydrogen-bond donors (Lipinski definition) is 2. The summed E-state index contributed by atoms with van der Waals surface area (Å²) >= 11 is 6.11. The van der Waals surface area contributed by atoms with Crippen LogP contribution < -0.4 is 5.32 Å². The Morgan fingerprint density at radius 1 is 1.19 bits per heavy atom. The van der Waals surface area contributed by atoms with E-state index in [0.29, 0.717) is 22.5 Å². The minimum Gasteiger partial charge on any atom is -0.477 e. The number of carbonyl (C=O) groups is 2. The zero-order chi connectivity index (χ0) is 18.7. The number of carboxylic acids is 1. The minimum absolute atomic E-state index is 0.166. The molecule has 0 radical (unpaired) electrons. The summed E-state index contributed by atoms with van der Waals surface area (Å²) in [5, 5.41) is 12.8. The van der Waals surface area contributed by atoms with Crippen LogP contribution in [0.15, 0.2) is 66.5 Å².